The third-order valence-electron chi connectivity index (χ3n) is 2.84. The Labute approximate surface area is 114 Å². The van der Waals surface area contributed by atoms with Crippen LogP contribution in [-0.2, 0) is 0 Å². The second-order valence-electron chi connectivity index (χ2n) is 4.21. The molecule has 104 valence electrons. The van der Waals surface area contributed by atoms with Crippen LogP contribution in [0.2, 0.25) is 0 Å². The highest BCUT2D eigenvalue weighted by Crippen LogP contribution is 2.25. The summed E-state index contributed by atoms with van der Waals surface area (Å²) in [6.07, 6.45) is 5.11. The van der Waals surface area contributed by atoms with Crippen LogP contribution in [0.25, 0.3) is 0 Å². The Morgan fingerprint density at radius 3 is 2.84 bits per heavy atom. The summed E-state index contributed by atoms with van der Waals surface area (Å²) in [6.45, 7) is 4.55. The summed E-state index contributed by atoms with van der Waals surface area (Å²) in [4.78, 5) is 11.6. The Hall–Kier alpha value is -1.97. The molecule has 0 atom stereocenters. The molecule has 0 aliphatic carbocycles. The molecule has 19 heavy (non-hydrogen) atoms. The van der Waals surface area contributed by atoms with Crippen LogP contribution in [0.3, 0.4) is 0 Å². The van der Waals surface area contributed by atoms with Crippen LogP contribution in [0, 0.1) is 0 Å². The molecule has 0 radical (unpaired) electrons. The van der Waals surface area contributed by atoms with E-state index in [0.717, 1.165) is 37.2 Å². The van der Waals surface area contributed by atoms with Gasteiger partial charge in [0.15, 0.2) is 0 Å². The van der Waals surface area contributed by atoms with Crippen LogP contribution in [-0.4, -0.2) is 26.6 Å². The maximum absolute atomic E-state index is 11.6. The van der Waals surface area contributed by atoms with E-state index in [1.807, 2.05) is 12.1 Å². The van der Waals surface area contributed by atoms with Crippen molar-refractivity contribution in [3.05, 3.63) is 36.4 Å². The average molecular weight is 262 g/mol. The fourth-order valence-electron chi connectivity index (χ4n) is 1.77. The largest absolute Gasteiger partial charge is 0.495 e. The van der Waals surface area contributed by atoms with Crippen molar-refractivity contribution in [3.63, 3.8) is 0 Å². The highest BCUT2D eigenvalue weighted by Gasteiger charge is 2.08. The first-order valence-electron chi connectivity index (χ1n) is 6.47. The van der Waals surface area contributed by atoms with Gasteiger partial charge in [0.25, 0.3) is 5.91 Å². The Morgan fingerprint density at radius 1 is 1.42 bits per heavy atom. The van der Waals surface area contributed by atoms with Gasteiger partial charge in [-0.25, -0.2) is 0 Å². The molecule has 4 heteroatoms. The van der Waals surface area contributed by atoms with Crippen LogP contribution in [0.1, 0.15) is 29.6 Å². The van der Waals surface area contributed by atoms with Gasteiger partial charge in [-0.15, -0.1) is 6.58 Å². The van der Waals surface area contributed by atoms with Crippen LogP contribution < -0.4 is 15.4 Å². The van der Waals surface area contributed by atoms with E-state index in [2.05, 4.69) is 17.2 Å². The standard InChI is InChI=1S/C15H22N2O2/c1-4-5-6-7-10-17-13-11-12(15(18)16-2)8-9-14(13)19-3/h4,8-9,11,17H,1,5-7,10H2,2-3H3,(H,16,18). The summed E-state index contributed by atoms with van der Waals surface area (Å²) in [5.74, 6) is 0.647. The number of methoxy groups -OCH3 is 1. The zero-order chi connectivity index (χ0) is 14.1. The van der Waals surface area contributed by atoms with Crippen molar-refractivity contribution >= 4 is 11.6 Å². The van der Waals surface area contributed by atoms with Gasteiger partial charge in [-0.2, -0.15) is 0 Å². The van der Waals surface area contributed by atoms with E-state index >= 15 is 0 Å². The second kappa shape index (κ2) is 8.19. The lowest BCUT2D eigenvalue weighted by Gasteiger charge is -2.12. The number of amides is 1. The van der Waals surface area contributed by atoms with Crippen molar-refractivity contribution in [3.8, 4) is 5.75 Å². The molecule has 1 aromatic carbocycles. The maximum atomic E-state index is 11.6. The number of unbranched alkanes of at least 4 members (excludes halogenated alkanes) is 2. The molecule has 0 fully saturated rings. The summed E-state index contributed by atoms with van der Waals surface area (Å²) in [7, 11) is 3.24. The molecule has 4 nitrogen and oxygen atoms in total. The summed E-state index contributed by atoms with van der Waals surface area (Å²) in [6, 6.07) is 5.36. The molecule has 0 bridgehead atoms. The van der Waals surface area contributed by atoms with Gasteiger partial charge in [0, 0.05) is 19.2 Å². The zero-order valence-corrected chi connectivity index (χ0v) is 11.7. The predicted octanol–water partition coefficient (Wildman–Crippen LogP) is 2.82. The minimum Gasteiger partial charge on any atom is -0.495 e. The zero-order valence-electron chi connectivity index (χ0n) is 11.7. The molecule has 0 heterocycles. The Kier molecular flexibility index (Phi) is 6.50. The number of hydrogen-bond acceptors (Lipinski definition) is 3. The minimum absolute atomic E-state index is 0.0997. The molecule has 1 aromatic rings. The highest BCUT2D eigenvalue weighted by atomic mass is 16.5. The average Bonchev–Trinajstić information content (AvgIpc) is 2.46. The molecule has 0 saturated heterocycles. The number of ether oxygens (including phenoxy) is 1. The van der Waals surface area contributed by atoms with Crippen LogP contribution in [0.15, 0.2) is 30.9 Å². The van der Waals surface area contributed by atoms with E-state index in [1.54, 1.807) is 26.3 Å². The molecule has 0 saturated carbocycles. The van der Waals surface area contributed by atoms with Crippen molar-refractivity contribution in [1.29, 1.82) is 0 Å². The van der Waals surface area contributed by atoms with Gasteiger partial charge < -0.3 is 15.4 Å². The van der Waals surface area contributed by atoms with Crippen LogP contribution in [0.5, 0.6) is 5.75 Å². The molecule has 0 aromatic heterocycles. The molecule has 0 aliphatic heterocycles. The molecule has 2 N–H and O–H groups in total. The van der Waals surface area contributed by atoms with E-state index in [4.69, 9.17) is 4.74 Å². The van der Waals surface area contributed by atoms with Gasteiger partial charge in [0.05, 0.1) is 12.8 Å². The molecule has 1 amide bonds. The van der Waals surface area contributed by atoms with Crippen LogP contribution >= 0.6 is 0 Å². The topological polar surface area (TPSA) is 50.4 Å². The third-order valence-corrected chi connectivity index (χ3v) is 2.84. The van der Waals surface area contributed by atoms with Gasteiger partial charge in [0.2, 0.25) is 0 Å². The number of hydrogen-bond donors (Lipinski definition) is 2. The summed E-state index contributed by atoms with van der Waals surface area (Å²) >= 11 is 0. The molecule has 0 aliphatic rings. The van der Waals surface area contributed by atoms with Crippen LogP contribution in [0.4, 0.5) is 5.69 Å². The van der Waals surface area contributed by atoms with Crippen molar-refractivity contribution in [2.45, 2.75) is 19.3 Å². The second-order valence-corrected chi connectivity index (χ2v) is 4.21. The summed E-state index contributed by atoms with van der Waals surface area (Å²) in [5, 5.41) is 5.91. The van der Waals surface area contributed by atoms with E-state index in [0.29, 0.717) is 5.56 Å². The SMILES string of the molecule is C=CCCCCNc1cc(C(=O)NC)ccc1OC. The fraction of sp³-hybridized carbons (Fsp3) is 0.400. The summed E-state index contributed by atoms with van der Waals surface area (Å²) in [5.41, 5.74) is 1.47. The monoisotopic (exact) mass is 262 g/mol. The van der Waals surface area contributed by atoms with Gasteiger partial charge in [-0.05, 0) is 37.5 Å². The van der Waals surface area contributed by atoms with E-state index in [9.17, 15) is 4.79 Å². The van der Waals surface area contributed by atoms with Gasteiger partial charge in [-0.3, -0.25) is 4.79 Å². The first-order valence-corrected chi connectivity index (χ1v) is 6.47. The molecular weight excluding hydrogens is 240 g/mol. The first-order chi connectivity index (χ1) is 9.22. The number of carbonyl (C=O) groups is 1. The number of carbonyl (C=O) groups excluding carboxylic acids is 1. The molecule has 1 rings (SSSR count). The number of anilines is 1. The Morgan fingerprint density at radius 2 is 2.21 bits per heavy atom. The third kappa shape index (κ3) is 4.66. The number of rotatable bonds is 8. The first kappa shape index (κ1) is 15.1. The predicted molar refractivity (Wildman–Crippen MR) is 78.9 cm³/mol. The maximum Gasteiger partial charge on any atom is 0.251 e. The minimum atomic E-state index is -0.0997. The smallest absolute Gasteiger partial charge is 0.251 e. The van der Waals surface area contributed by atoms with E-state index < -0.39 is 0 Å². The molecular formula is C15H22N2O2. The quantitative estimate of drug-likeness (QED) is 0.559. The lowest BCUT2D eigenvalue weighted by Crippen LogP contribution is -2.18. The van der Waals surface area contributed by atoms with Gasteiger partial charge in [-0.1, -0.05) is 6.08 Å². The van der Waals surface area contributed by atoms with E-state index in [-0.39, 0.29) is 5.91 Å². The van der Waals surface area contributed by atoms with Crippen molar-refractivity contribution in [1.82, 2.24) is 5.32 Å². The highest BCUT2D eigenvalue weighted by molar-refractivity contribution is 5.95. The van der Waals surface area contributed by atoms with Crippen molar-refractivity contribution in [2.75, 3.05) is 26.0 Å². The molecule has 0 spiro atoms. The number of benzene rings is 1. The normalized spacial score (nSPS) is 9.79. The Balaban J connectivity index is 2.67. The van der Waals surface area contributed by atoms with E-state index in [1.165, 1.54) is 0 Å². The fourth-order valence-corrected chi connectivity index (χ4v) is 1.77. The lowest BCUT2D eigenvalue weighted by molar-refractivity contribution is 0.0963. The van der Waals surface area contributed by atoms with Gasteiger partial charge in [0.1, 0.15) is 5.75 Å². The summed E-state index contributed by atoms with van der Waals surface area (Å²) < 4.78 is 5.28. The van der Waals surface area contributed by atoms with Gasteiger partial charge >= 0.3 is 0 Å². The number of nitrogens with one attached hydrogen (secondary N) is 2. The Bertz CT molecular complexity index is 430. The van der Waals surface area contributed by atoms with Crippen molar-refractivity contribution < 1.29 is 9.53 Å². The van der Waals surface area contributed by atoms with Crippen molar-refractivity contribution in [2.24, 2.45) is 0 Å². The lowest BCUT2D eigenvalue weighted by atomic mass is 10.1. The number of allylic oxidation sites excluding steroid dienone is 1. The molecule has 0 unspecified atom stereocenters.